The summed E-state index contributed by atoms with van der Waals surface area (Å²) in [5.74, 6) is -2.14. The van der Waals surface area contributed by atoms with Gasteiger partial charge in [0.1, 0.15) is 19.3 Å². The van der Waals surface area contributed by atoms with Crippen molar-refractivity contribution in [2.75, 3.05) is 39.6 Å². The maximum Gasteiger partial charge on any atom is 0.472 e. The Morgan fingerprint density at radius 2 is 0.489 bits per heavy atom. The van der Waals surface area contributed by atoms with E-state index in [0.29, 0.717) is 25.7 Å². The van der Waals surface area contributed by atoms with Crippen LogP contribution in [0.5, 0.6) is 0 Å². The zero-order valence-electron chi connectivity index (χ0n) is 60.4. The molecule has 3 N–H and O–H groups in total. The van der Waals surface area contributed by atoms with Gasteiger partial charge < -0.3 is 33.8 Å². The van der Waals surface area contributed by atoms with Crippen LogP contribution < -0.4 is 0 Å². The van der Waals surface area contributed by atoms with Crippen molar-refractivity contribution in [2.45, 2.75) is 393 Å². The highest BCUT2D eigenvalue weighted by Crippen LogP contribution is 2.45. The fourth-order valence-corrected chi connectivity index (χ4v) is 12.6. The fourth-order valence-electron chi connectivity index (χ4n) is 11.0. The molecule has 0 heterocycles. The summed E-state index contributed by atoms with van der Waals surface area (Å²) in [5, 5.41) is 10.6. The molecule has 0 radical (unpaired) electrons. The second-order valence-corrected chi connectivity index (χ2v) is 29.2. The second-order valence-electron chi connectivity index (χ2n) is 26.3. The molecule has 0 spiro atoms. The number of unbranched alkanes of at least 4 members (excludes halogenated alkanes) is 44. The number of esters is 4. The third-order valence-electron chi connectivity index (χ3n) is 16.9. The van der Waals surface area contributed by atoms with E-state index in [9.17, 15) is 43.2 Å². The molecular weight excluding hydrogens is 1230 g/mol. The molecule has 0 aromatic rings. The summed E-state index contributed by atoms with van der Waals surface area (Å²) in [6, 6.07) is 0. The van der Waals surface area contributed by atoms with Gasteiger partial charge in [-0.15, -0.1) is 0 Å². The third-order valence-corrected chi connectivity index (χ3v) is 18.8. The lowest BCUT2D eigenvalue weighted by Crippen LogP contribution is -2.30. The van der Waals surface area contributed by atoms with Gasteiger partial charge >= 0.3 is 39.5 Å². The average molecular weight is 1380 g/mol. The molecule has 5 atom stereocenters. The van der Waals surface area contributed by atoms with Gasteiger partial charge in [0.2, 0.25) is 0 Å². The first-order valence-corrected chi connectivity index (χ1v) is 41.6. The zero-order valence-corrected chi connectivity index (χ0v) is 62.2. The molecule has 0 aromatic heterocycles. The van der Waals surface area contributed by atoms with E-state index in [2.05, 4.69) is 52.0 Å². The zero-order chi connectivity index (χ0) is 69.0. The predicted octanol–water partition coefficient (Wildman–Crippen LogP) is 21.8. The Bertz CT molecular complexity index is 1880. The number of hydrogen-bond donors (Lipinski definition) is 3. The van der Waals surface area contributed by atoms with Crippen molar-refractivity contribution >= 4 is 39.5 Å². The van der Waals surface area contributed by atoms with Crippen LogP contribution in [-0.2, 0) is 65.4 Å². The molecule has 0 bridgehead atoms. The lowest BCUT2D eigenvalue weighted by molar-refractivity contribution is -0.161. The van der Waals surface area contributed by atoms with Gasteiger partial charge in [-0.1, -0.05) is 296 Å². The smallest absolute Gasteiger partial charge is 0.462 e. The monoisotopic (exact) mass is 1380 g/mol. The molecule has 0 amide bonds. The number of hydrogen-bond acceptors (Lipinski definition) is 15. The first-order chi connectivity index (χ1) is 45.7. The van der Waals surface area contributed by atoms with E-state index >= 15 is 0 Å². The van der Waals surface area contributed by atoms with E-state index in [1.807, 2.05) is 0 Å². The highest BCUT2D eigenvalue weighted by Gasteiger charge is 2.30. The van der Waals surface area contributed by atoms with Crippen LogP contribution in [0.2, 0.25) is 0 Å². The first kappa shape index (κ1) is 91.5. The summed E-state index contributed by atoms with van der Waals surface area (Å²) < 4.78 is 68.5. The van der Waals surface area contributed by atoms with Gasteiger partial charge in [0.15, 0.2) is 12.2 Å². The molecule has 0 rings (SSSR count). The van der Waals surface area contributed by atoms with Crippen molar-refractivity contribution in [3.8, 4) is 0 Å². The molecule has 554 valence electrons. The van der Waals surface area contributed by atoms with Crippen LogP contribution in [0.15, 0.2) is 24.3 Å². The van der Waals surface area contributed by atoms with Crippen LogP contribution in [-0.4, -0.2) is 96.7 Å². The van der Waals surface area contributed by atoms with Crippen LogP contribution in [0.4, 0.5) is 0 Å². The maximum absolute atomic E-state index is 13.1. The standard InChI is InChI=1S/C75H142O17P2/c1-5-9-13-17-21-25-29-33-34-38-40-44-48-52-56-60-73(78)86-66-71(92-75(80)62-58-54-50-46-42-37-32-28-24-20-16-12-8-4)68-90-94(83,84)88-64-69(76)63-87-93(81,82)89-67-70(91-74(79)61-57-53-49-45-41-36-31-27-23-19-15-11-7-3)65-85-72(77)59-55-51-47-43-39-35-30-26-22-18-14-10-6-2/h25-26,29-30,69-71,76H,5-24,27-28,31-68H2,1-4H3,(H,81,82)(H,83,84)/b29-25-,30-26-/t69-,70+,71+/m0/s1. The number of rotatable bonds is 74. The SMILES string of the molecule is CCCCCC/C=C\CCCCCCCCCC(=O)OC[C@H](COP(=O)(O)OC[C@@H](O)COP(=O)(O)OC[C@@H](COC(=O)CCCCCCC/C=C\CCCCCC)OC(=O)CCCCCCCCCCCCCCC)OC(=O)CCCCCCCCCCCCCCC. The molecular formula is C75H142O17P2. The summed E-state index contributed by atoms with van der Waals surface area (Å²) in [5.41, 5.74) is 0. The maximum atomic E-state index is 13.1. The highest BCUT2D eigenvalue weighted by molar-refractivity contribution is 7.47. The van der Waals surface area contributed by atoms with E-state index < -0.39 is 97.5 Å². The number of allylic oxidation sites excluding steroid dienone is 4. The summed E-state index contributed by atoms with van der Waals surface area (Å²) in [6.45, 7) is 4.92. The van der Waals surface area contributed by atoms with Crippen LogP contribution in [0.1, 0.15) is 374 Å². The Hall–Kier alpha value is -2.46. The van der Waals surface area contributed by atoms with E-state index in [1.54, 1.807) is 0 Å². The third kappa shape index (κ3) is 68.1. The van der Waals surface area contributed by atoms with Crippen molar-refractivity contribution in [3.63, 3.8) is 0 Å². The van der Waals surface area contributed by atoms with Gasteiger partial charge in [0, 0.05) is 25.7 Å². The number of ether oxygens (including phenoxy) is 4. The van der Waals surface area contributed by atoms with Gasteiger partial charge in [-0.3, -0.25) is 37.3 Å². The highest BCUT2D eigenvalue weighted by atomic mass is 31.2. The Morgan fingerprint density at radius 1 is 0.287 bits per heavy atom. The van der Waals surface area contributed by atoms with E-state index in [-0.39, 0.29) is 25.7 Å². The minimum atomic E-state index is -4.96. The quantitative estimate of drug-likeness (QED) is 0.0169. The number of carbonyl (C=O) groups is 4. The van der Waals surface area contributed by atoms with Crippen LogP contribution in [0, 0.1) is 0 Å². The number of aliphatic hydroxyl groups is 1. The molecule has 2 unspecified atom stereocenters. The van der Waals surface area contributed by atoms with Crippen molar-refractivity contribution in [2.24, 2.45) is 0 Å². The fraction of sp³-hybridized carbons (Fsp3) is 0.893. The van der Waals surface area contributed by atoms with Crippen molar-refractivity contribution in [3.05, 3.63) is 24.3 Å². The van der Waals surface area contributed by atoms with Crippen LogP contribution >= 0.6 is 15.6 Å². The summed E-state index contributed by atoms with van der Waals surface area (Å²) in [7, 11) is -9.92. The van der Waals surface area contributed by atoms with E-state index in [4.69, 9.17) is 37.0 Å². The molecule has 17 nitrogen and oxygen atoms in total. The molecule has 0 aliphatic carbocycles. The molecule has 19 heteroatoms. The number of phosphoric ester groups is 2. The predicted molar refractivity (Wildman–Crippen MR) is 381 cm³/mol. The van der Waals surface area contributed by atoms with Crippen LogP contribution in [0.25, 0.3) is 0 Å². The molecule has 0 saturated carbocycles. The van der Waals surface area contributed by atoms with Gasteiger partial charge in [-0.2, -0.15) is 0 Å². The molecule has 0 aliphatic heterocycles. The van der Waals surface area contributed by atoms with Gasteiger partial charge in [0.25, 0.3) is 0 Å². The molecule has 0 saturated heterocycles. The van der Waals surface area contributed by atoms with Gasteiger partial charge in [-0.05, 0) is 77.0 Å². The van der Waals surface area contributed by atoms with Gasteiger partial charge in [-0.25, -0.2) is 9.13 Å². The molecule has 0 fully saturated rings. The Morgan fingerprint density at radius 3 is 0.745 bits per heavy atom. The summed E-state index contributed by atoms with van der Waals surface area (Å²) >= 11 is 0. The van der Waals surface area contributed by atoms with Crippen molar-refractivity contribution in [1.82, 2.24) is 0 Å². The average Bonchev–Trinajstić information content (AvgIpc) is 1.67. The van der Waals surface area contributed by atoms with E-state index in [1.165, 1.54) is 167 Å². The molecule has 94 heavy (non-hydrogen) atoms. The Labute approximate surface area is 573 Å². The molecule has 0 aromatic carbocycles. The van der Waals surface area contributed by atoms with Crippen molar-refractivity contribution < 1.29 is 80.2 Å². The second kappa shape index (κ2) is 69.0. The number of carbonyl (C=O) groups excluding carboxylic acids is 4. The minimum Gasteiger partial charge on any atom is -0.462 e. The van der Waals surface area contributed by atoms with Gasteiger partial charge in [0.05, 0.1) is 26.4 Å². The summed E-state index contributed by atoms with van der Waals surface area (Å²) in [6.07, 6.45) is 61.6. The normalized spacial score (nSPS) is 14.1. The van der Waals surface area contributed by atoms with Crippen LogP contribution in [0.3, 0.4) is 0 Å². The largest absolute Gasteiger partial charge is 0.472 e. The number of phosphoric acid groups is 2. The summed E-state index contributed by atoms with van der Waals surface area (Å²) in [4.78, 5) is 72.8. The Balaban J connectivity index is 5.28. The minimum absolute atomic E-state index is 0.103. The Kier molecular flexibility index (Phi) is 67.2. The number of aliphatic hydroxyl groups excluding tert-OH is 1. The topological polar surface area (TPSA) is 237 Å². The van der Waals surface area contributed by atoms with Crippen molar-refractivity contribution in [1.29, 1.82) is 0 Å². The van der Waals surface area contributed by atoms with E-state index in [0.717, 1.165) is 128 Å². The molecule has 0 aliphatic rings. The first-order valence-electron chi connectivity index (χ1n) is 38.6. The lowest BCUT2D eigenvalue weighted by Gasteiger charge is -2.21. The lowest BCUT2D eigenvalue weighted by atomic mass is 10.0.